The lowest BCUT2D eigenvalue weighted by Gasteiger charge is -2.37. The number of rotatable bonds is 3. The molecule has 6 heteroatoms. The van der Waals surface area contributed by atoms with E-state index in [4.69, 9.17) is 4.42 Å². The molecule has 2 N–H and O–H groups in total. The molecule has 1 amide bonds. The largest absolute Gasteiger partial charge is 0.441 e. The molecular weight excluding hydrogens is 350 g/mol. The normalized spacial score (nSPS) is 24.6. The summed E-state index contributed by atoms with van der Waals surface area (Å²) in [7, 11) is 0. The third-order valence-corrected chi connectivity index (χ3v) is 5.89. The molecule has 4 rings (SSSR count). The summed E-state index contributed by atoms with van der Waals surface area (Å²) < 4.78 is 5.71. The van der Waals surface area contributed by atoms with Crippen LogP contribution in [0, 0.1) is 25.2 Å². The van der Waals surface area contributed by atoms with Gasteiger partial charge in [-0.1, -0.05) is 18.9 Å². The standard InChI is InChI=1S/C20H25N3O2.ClH/c1-13-14(2)25-18(22-13)15-6-5-8-17(10-15)23-19(24)20-9-4-3-7-16(20)11-21-12-20;/h5-6,8,10,16,21H,3-4,7,9,11-12H2,1-2H3,(H,23,24);1H/t16-,20+;/m0./s1. The number of aromatic nitrogens is 1. The third kappa shape index (κ3) is 3.26. The number of oxazole rings is 1. The highest BCUT2D eigenvalue weighted by Crippen LogP contribution is 2.44. The van der Waals surface area contributed by atoms with Gasteiger partial charge in [0.15, 0.2) is 0 Å². The SMILES string of the molecule is Cc1nc(-c2cccc(NC(=O)[C@@]34CCCC[C@H]3CNC4)c2)oc1C.Cl. The quantitative estimate of drug-likeness (QED) is 0.847. The fourth-order valence-corrected chi connectivity index (χ4v) is 4.27. The van der Waals surface area contributed by atoms with Crippen LogP contribution < -0.4 is 10.6 Å². The Hall–Kier alpha value is -1.85. The van der Waals surface area contributed by atoms with E-state index in [1.807, 2.05) is 38.1 Å². The van der Waals surface area contributed by atoms with Gasteiger partial charge in [-0.15, -0.1) is 12.4 Å². The second kappa shape index (κ2) is 7.41. The number of nitrogens with one attached hydrogen (secondary N) is 2. The van der Waals surface area contributed by atoms with Crippen molar-refractivity contribution in [2.75, 3.05) is 18.4 Å². The van der Waals surface area contributed by atoms with Gasteiger partial charge in [0.25, 0.3) is 0 Å². The smallest absolute Gasteiger partial charge is 0.232 e. The molecule has 1 aliphatic carbocycles. The molecule has 5 nitrogen and oxygen atoms in total. The van der Waals surface area contributed by atoms with Crippen LogP contribution >= 0.6 is 12.4 Å². The van der Waals surface area contributed by atoms with Crippen molar-refractivity contribution in [2.24, 2.45) is 11.3 Å². The van der Waals surface area contributed by atoms with Crippen LogP contribution in [0.15, 0.2) is 28.7 Å². The Morgan fingerprint density at radius 1 is 1.35 bits per heavy atom. The number of amides is 1. The molecule has 2 fully saturated rings. The van der Waals surface area contributed by atoms with Crippen LogP contribution in [0.5, 0.6) is 0 Å². The Bertz CT molecular complexity index is 785. The Labute approximate surface area is 160 Å². The number of carbonyl (C=O) groups is 1. The molecular formula is C20H26ClN3O2. The summed E-state index contributed by atoms with van der Waals surface area (Å²) in [4.78, 5) is 17.5. The van der Waals surface area contributed by atoms with E-state index >= 15 is 0 Å². The molecule has 2 heterocycles. The molecule has 0 bridgehead atoms. The lowest BCUT2D eigenvalue weighted by molar-refractivity contribution is -0.128. The lowest BCUT2D eigenvalue weighted by Crippen LogP contribution is -2.44. The zero-order chi connectivity index (χ0) is 17.4. The summed E-state index contributed by atoms with van der Waals surface area (Å²) >= 11 is 0. The Morgan fingerprint density at radius 2 is 2.19 bits per heavy atom. The predicted molar refractivity (Wildman–Crippen MR) is 105 cm³/mol. The van der Waals surface area contributed by atoms with E-state index in [1.54, 1.807) is 0 Å². The maximum Gasteiger partial charge on any atom is 0.232 e. The average Bonchev–Trinajstić information content (AvgIpc) is 3.20. The molecule has 2 aliphatic rings. The first-order valence-corrected chi connectivity index (χ1v) is 9.15. The third-order valence-electron chi connectivity index (χ3n) is 5.89. The van der Waals surface area contributed by atoms with Crippen LogP contribution in [0.1, 0.15) is 37.1 Å². The van der Waals surface area contributed by atoms with Crippen molar-refractivity contribution in [1.82, 2.24) is 10.3 Å². The van der Waals surface area contributed by atoms with Gasteiger partial charge in [0.2, 0.25) is 11.8 Å². The van der Waals surface area contributed by atoms with E-state index in [1.165, 1.54) is 6.42 Å². The predicted octanol–water partition coefficient (Wildman–Crippen LogP) is 4.10. The van der Waals surface area contributed by atoms with Crippen molar-refractivity contribution in [3.63, 3.8) is 0 Å². The van der Waals surface area contributed by atoms with Gasteiger partial charge < -0.3 is 15.1 Å². The number of anilines is 1. The first-order chi connectivity index (χ1) is 12.1. The molecule has 2 aromatic rings. The van der Waals surface area contributed by atoms with Gasteiger partial charge >= 0.3 is 0 Å². The molecule has 1 saturated carbocycles. The fourth-order valence-electron chi connectivity index (χ4n) is 4.27. The summed E-state index contributed by atoms with van der Waals surface area (Å²) in [6.07, 6.45) is 4.50. The van der Waals surface area contributed by atoms with Crippen LogP contribution in [0.2, 0.25) is 0 Å². The van der Waals surface area contributed by atoms with Gasteiger partial charge in [-0.3, -0.25) is 4.79 Å². The number of hydrogen-bond donors (Lipinski definition) is 2. The van der Waals surface area contributed by atoms with E-state index in [9.17, 15) is 4.79 Å². The monoisotopic (exact) mass is 375 g/mol. The minimum atomic E-state index is -0.246. The number of carbonyl (C=O) groups excluding carboxylic acids is 1. The van der Waals surface area contributed by atoms with E-state index in [0.29, 0.717) is 11.8 Å². The zero-order valence-electron chi connectivity index (χ0n) is 15.3. The maximum absolute atomic E-state index is 13.1. The number of nitrogens with zero attached hydrogens (tertiary/aromatic N) is 1. The van der Waals surface area contributed by atoms with Crippen LogP contribution in [-0.4, -0.2) is 24.0 Å². The van der Waals surface area contributed by atoms with Crippen molar-refractivity contribution in [3.8, 4) is 11.5 Å². The van der Waals surface area contributed by atoms with Gasteiger partial charge in [0, 0.05) is 17.8 Å². The van der Waals surface area contributed by atoms with Crippen LogP contribution in [0.4, 0.5) is 5.69 Å². The van der Waals surface area contributed by atoms with Gasteiger partial charge in [-0.2, -0.15) is 0 Å². The van der Waals surface area contributed by atoms with Crippen LogP contribution in [-0.2, 0) is 4.79 Å². The summed E-state index contributed by atoms with van der Waals surface area (Å²) in [5.74, 6) is 2.04. The lowest BCUT2D eigenvalue weighted by atomic mass is 9.67. The highest BCUT2D eigenvalue weighted by molar-refractivity contribution is 5.96. The number of hydrogen-bond acceptors (Lipinski definition) is 4. The maximum atomic E-state index is 13.1. The van der Waals surface area contributed by atoms with Crippen molar-refractivity contribution >= 4 is 24.0 Å². The molecule has 0 radical (unpaired) electrons. The Kier molecular flexibility index (Phi) is 5.39. The minimum Gasteiger partial charge on any atom is -0.441 e. The summed E-state index contributed by atoms with van der Waals surface area (Å²) in [6, 6.07) is 7.77. The highest BCUT2D eigenvalue weighted by atomic mass is 35.5. The number of benzene rings is 1. The van der Waals surface area contributed by atoms with Crippen LogP contribution in [0.25, 0.3) is 11.5 Å². The van der Waals surface area contributed by atoms with Gasteiger partial charge in [0.1, 0.15) is 5.76 Å². The summed E-state index contributed by atoms with van der Waals surface area (Å²) in [5.41, 5.74) is 2.34. The molecule has 1 aromatic carbocycles. The Morgan fingerprint density at radius 3 is 2.96 bits per heavy atom. The Balaban J connectivity index is 0.00000196. The number of halogens is 1. The van der Waals surface area contributed by atoms with Crippen molar-refractivity contribution in [3.05, 3.63) is 35.7 Å². The molecule has 0 unspecified atom stereocenters. The zero-order valence-corrected chi connectivity index (χ0v) is 16.1. The van der Waals surface area contributed by atoms with Crippen LogP contribution in [0.3, 0.4) is 0 Å². The molecule has 1 saturated heterocycles. The van der Waals surface area contributed by atoms with Gasteiger partial charge in [-0.05, 0) is 57.4 Å². The first-order valence-electron chi connectivity index (χ1n) is 9.15. The number of aryl methyl sites for hydroxylation is 2. The molecule has 1 aromatic heterocycles. The molecule has 1 aliphatic heterocycles. The van der Waals surface area contributed by atoms with Gasteiger partial charge in [-0.25, -0.2) is 4.98 Å². The van der Waals surface area contributed by atoms with E-state index in [2.05, 4.69) is 15.6 Å². The first kappa shape index (κ1) is 18.9. The van der Waals surface area contributed by atoms with Gasteiger partial charge in [0.05, 0.1) is 11.1 Å². The van der Waals surface area contributed by atoms with E-state index in [-0.39, 0.29) is 23.7 Å². The summed E-state index contributed by atoms with van der Waals surface area (Å²) in [5, 5.41) is 6.59. The second-order valence-corrected chi connectivity index (χ2v) is 7.43. The molecule has 140 valence electrons. The van der Waals surface area contributed by atoms with E-state index in [0.717, 1.165) is 55.1 Å². The van der Waals surface area contributed by atoms with Crippen molar-refractivity contribution in [2.45, 2.75) is 39.5 Å². The topological polar surface area (TPSA) is 67.2 Å². The number of fused-ring (bicyclic) bond motifs is 1. The molecule has 26 heavy (non-hydrogen) atoms. The van der Waals surface area contributed by atoms with Crippen molar-refractivity contribution in [1.29, 1.82) is 0 Å². The molecule has 0 spiro atoms. The van der Waals surface area contributed by atoms with E-state index < -0.39 is 0 Å². The average molecular weight is 376 g/mol. The molecule has 2 atom stereocenters. The minimum absolute atomic E-state index is 0. The van der Waals surface area contributed by atoms with Crippen molar-refractivity contribution < 1.29 is 9.21 Å². The summed E-state index contributed by atoms with van der Waals surface area (Å²) in [6.45, 7) is 5.60. The second-order valence-electron chi connectivity index (χ2n) is 7.43. The fraction of sp³-hybridized carbons (Fsp3) is 0.500. The highest BCUT2D eigenvalue weighted by Gasteiger charge is 2.49.